The van der Waals surface area contributed by atoms with Crippen LogP contribution in [0.25, 0.3) is 0 Å². The summed E-state index contributed by atoms with van der Waals surface area (Å²) in [6.07, 6.45) is 0.354. The third-order valence-corrected chi connectivity index (χ3v) is 6.47. The van der Waals surface area contributed by atoms with Crippen LogP contribution < -0.4 is 15.8 Å². The van der Waals surface area contributed by atoms with Gasteiger partial charge in [0.25, 0.3) is 0 Å². The zero-order valence-electron chi connectivity index (χ0n) is 27.0. The highest BCUT2D eigenvalue weighted by atomic mass is 16.7. The predicted octanol–water partition coefficient (Wildman–Crippen LogP) is 4.35. The van der Waals surface area contributed by atoms with E-state index >= 15 is 0 Å². The van der Waals surface area contributed by atoms with Gasteiger partial charge in [-0.15, -0.1) is 0 Å². The number of ether oxygens (including phenoxy) is 4. The van der Waals surface area contributed by atoms with Crippen LogP contribution >= 0.6 is 0 Å². The number of alkyl carbamates (subject to hydrolysis) is 1. The summed E-state index contributed by atoms with van der Waals surface area (Å²) in [5.41, 5.74) is 6.94. The van der Waals surface area contributed by atoms with E-state index in [0.29, 0.717) is 30.4 Å². The van der Waals surface area contributed by atoms with Gasteiger partial charge in [0.2, 0.25) is 11.8 Å². The first kappa shape index (κ1) is 37.2. The number of nitrogens with one attached hydrogen (secondary N) is 1. The summed E-state index contributed by atoms with van der Waals surface area (Å²) in [4.78, 5) is 63.8. The Balaban J connectivity index is 3.28. The number of rotatable bonds is 15. The zero-order valence-corrected chi connectivity index (χ0v) is 27.0. The van der Waals surface area contributed by atoms with Gasteiger partial charge >= 0.3 is 18.2 Å². The molecule has 2 atom stereocenters. The van der Waals surface area contributed by atoms with Crippen LogP contribution in [0.15, 0.2) is 12.1 Å². The summed E-state index contributed by atoms with van der Waals surface area (Å²) in [6.45, 7) is 14.5. The number of amides is 3. The van der Waals surface area contributed by atoms with Crippen LogP contribution in [-0.2, 0) is 35.0 Å². The van der Waals surface area contributed by atoms with Gasteiger partial charge in [0.05, 0.1) is 13.7 Å². The summed E-state index contributed by atoms with van der Waals surface area (Å²) in [7, 11) is 1.32. The molecule has 0 saturated heterocycles. The topological polar surface area (TPSA) is 164 Å². The minimum Gasteiger partial charge on any atom is -0.469 e. The Labute approximate surface area is 254 Å². The number of hydrogen-bond donors (Lipinski definition) is 2. The molecule has 0 saturated carbocycles. The summed E-state index contributed by atoms with van der Waals surface area (Å²) in [6, 6.07) is 1.25. The molecule has 1 rings (SSSR count). The van der Waals surface area contributed by atoms with E-state index in [4.69, 9.17) is 19.9 Å². The number of esters is 1. The highest BCUT2D eigenvalue weighted by molar-refractivity contribution is 5.91. The first-order valence-electron chi connectivity index (χ1n) is 14.6. The second-order valence-electron chi connectivity index (χ2n) is 12.0. The van der Waals surface area contributed by atoms with Crippen LogP contribution in [-0.4, -0.2) is 72.9 Å². The molecule has 43 heavy (non-hydrogen) atoms. The van der Waals surface area contributed by atoms with Gasteiger partial charge in [0, 0.05) is 19.4 Å². The standard InChI is InChI=1S/C31H49N3O9/c1-19(2)18-41-30(39)42-23-15-20(3)24(21(4)16-23)17-25(33-29(38)43-31(6,7)8)28(37)34(22(5)27(32)36)14-12-10-11-13-26(35)40-9/h15-16,19,22,25H,10-14,17-18H2,1-9H3,(H2,32,36)(H,33,38)/t22-,25?/m1/s1. The first-order chi connectivity index (χ1) is 19.9. The highest BCUT2D eigenvalue weighted by Crippen LogP contribution is 2.25. The lowest BCUT2D eigenvalue weighted by atomic mass is 9.95. The summed E-state index contributed by atoms with van der Waals surface area (Å²) >= 11 is 0. The Morgan fingerprint density at radius 3 is 2.09 bits per heavy atom. The largest absolute Gasteiger partial charge is 0.513 e. The van der Waals surface area contributed by atoms with Crippen molar-refractivity contribution in [2.45, 2.75) is 105 Å². The van der Waals surface area contributed by atoms with Crippen molar-refractivity contribution in [3.8, 4) is 5.75 Å². The number of methoxy groups -OCH3 is 1. The number of nitrogens with two attached hydrogens (primary N) is 1. The monoisotopic (exact) mass is 607 g/mol. The van der Waals surface area contributed by atoms with E-state index in [0.717, 1.165) is 5.56 Å². The van der Waals surface area contributed by atoms with E-state index in [9.17, 15) is 24.0 Å². The minimum atomic E-state index is -1.10. The van der Waals surface area contributed by atoms with Gasteiger partial charge in [0.15, 0.2) is 0 Å². The zero-order chi connectivity index (χ0) is 32.9. The lowest BCUT2D eigenvalue weighted by molar-refractivity contribution is -0.141. The summed E-state index contributed by atoms with van der Waals surface area (Å²) in [5.74, 6) is -1.10. The maximum Gasteiger partial charge on any atom is 0.513 e. The van der Waals surface area contributed by atoms with Crippen LogP contribution in [0.2, 0.25) is 0 Å². The average Bonchev–Trinajstić information content (AvgIpc) is 2.88. The summed E-state index contributed by atoms with van der Waals surface area (Å²) < 4.78 is 20.5. The fraction of sp³-hybridized carbons (Fsp3) is 0.645. The number of nitrogens with zero attached hydrogens (tertiary/aromatic N) is 1. The van der Waals surface area contributed by atoms with E-state index in [1.165, 1.54) is 18.9 Å². The van der Waals surface area contributed by atoms with Gasteiger partial charge in [-0.25, -0.2) is 9.59 Å². The SMILES string of the molecule is COC(=O)CCCCCN(C(=O)C(Cc1c(C)cc(OC(=O)OCC(C)C)cc1C)NC(=O)OC(C)(C)C)[C@H](C)C(N)=O. The number of hydrogen-bond acceptors (Lipinski definition) is 9. The van der Waals surface area contributed by atoms with Gasteiger partial charge in [-0.3, -0.25) is 14.4 Å². The predicted molar refractivity (Wildman–Crippen MR) is 160 cm³/mol. The third-order valence-electron chi connectivity index (χ3n) is 6.47. The molecular formula is C31H49N3O9. The quantitative estimate of drug-likeness (QED) is 0.128. The second-order valence-corrected chi connectivity index (χ2v) is 12.0. The number of benzene rings is 1. The molecule has 0 aliphatic carbocycles. The molecule has 0 bridgehead atoms. The number of unbranched alkanes of at least 4 members (excludes halogenated alkanes) is 2. The fourth-order valence-electron chi connectivity index (χ4n) is 4.23. The number of primary amides is 1. The highest BCUT2D eigenvalue weighted by Gasteiger charge is 2.33. The molecule has 0 radical (unpaired) electrons. The molecule has 0 aliphatic rings. The maximum absolute atomic E-state index is 14.0. The molecule has 242 valence electrons. The molecular weight excluding hydrogens is 558 g/mol. The van der Waals surface area contributed by atoms with Crippen LogP contribution in [0.1, 0.15) is 83.9 Å². The van der Waals surface area contributed by atoms with Gasteiger partial charge in [-0.2, -0.15) is 0 Å². The Morgan fingerprint density at radius 1 is 0.977 bits per heavy atom. The molecule has 0 fully saturated rings. The number of aryl methyl sites for hydroxylation is 2. The molecule has 0 heterocycles. The number of carbonyl (C=O) groups is 5. The molecule has 1 unspecified atom stereocenters. The van der Waals surface area contributed by atoms with E-state index in [1.807, 2.05) is 13.8 Å². The Kier molecular flexibility index (Phi) is 15.0. The van der Waals surface area contributed by atoms with Crippen molar-refractivity contribution >= 4 is 30.0 Å². The number of carbonyl (C=O) groups excluding carboxylic acids is 5. The lowest BCUT2D eigenvalue weighted by Gasteiger charge is -2.32. The van der Waals surface area contributed by atoms with Crippen molar-refractivity contribution < 1.29 is 42.9 Å². The van der Waals surface area contributed by atoms with Crippen LogP contribution in [0.5, 0.6) is 5.75 Å². The van der Waals surface area contributed by atoms with Crippen molar-refractivity contribution in [3.63, 3.8) is 0 Å². The molecule has 0 spiro atoms. The molecule has 1 aromatic rings. The average molecular weight is 608 g/mol. The van der Waals surface area contributed by atoms with Gasteiger partial charge < -0.3 is 34.9 Å². The molecule has 12 nitrogen and oxygen atoms in total. The van der Waals surface area contributed by atoms with Crippen molar-refractivity contribution in [1.82, 2.24) is 10.2 Å². The Hall–Kier alpha value is -3.83. The van der Waals surface area contributed by atoms with Crippen molar-refractivity contribution in [2.75, 3.05) is 20.3 Å². The van der Waals surface area contributed by atoms with Crippen LogP contribution in [0.4, 0.5) is 9.59 Å². The third kappa shape index (κ3) is 13.8. The van der Waals surface area contributed by atoms with Crippen LogP contribution in [0.3, 0.4) is 0 Å². The molecule has 3 amide bonds. The van der Waals surface area contributed by atoms with Gasteiger partial charge in [-0.05, 0) is 89.1 Å². The van der Waals surface area contributed by atoms with Gasteiger partial charge in [-0.1, -0.05) is 20.3 Å². The first-order valence-corrected chi connectivity index (χ1v) is 14.6. The fourth-order valence-corrected chi connectivity index (χ4v) is 4.23. The second kappa shape index (κ2) is 17.3. The lowest BCUT2D eigenvalue weighted by Crippen LogP contribution is -2.55. The van der Waals surface area contributed by atoms with Crippen molar-refractivity contribution in [3.05, 3.63) is 28.8 Å². The van der Waals surface area contributed by atoms with Gasteiger partial charge in [0.1, 0.15) is 23.4 Å². The smallest absolute Gasteiger partial charge is 0.469 e. The van der Waals surface area contributed by atoms with E-state index in [1.54, 1.807) is 46.8 Å². The van der Waals surface area contributed by atoms with E-state index in [-0.39, 0.29) is 43.6 Å². The minimum absolute atomic E-state index is 0.0676. The Morgan fingerprint density at radius 2 is 1.58 bits per heavy atom. The van der Waals surface area contributed by atoms with E-state index in [2.05, 4.69) is 10.1 Å². The van der Waals surface area contributed by atoms with E-state index < -0.39 is 41.7 Å². The molecule has 0 aromatic heterocycles. The normalized spacial score (nSPS) is 12.6. The van der Waals surface area contributed by atoms with Crippen LogP contribution in [0, 0.1) is 19.8 Å². The molecule has 3 N–H and O–H groups in total. The van der Waals surface area contributed by atoms with Crippen molar-refractivity contribution in [2.24, 2.45) is 11.7 Å². The molecule has 0 aliphatic heterocycles. The Bertz CT molecular complexity index is 1100. The molecule has 1 aromatic carbocycles. The van der Waals surface area contributed by atoms with Crippen molar-refractivity contribution in [1.29, 1.82) is 0 Å². The maximum atomic E-state index is 14.0. The molecule has 12 heteroatoms. The summed E-state index contributed by atoms with van der Waals surface area (Å²) in [5, 5.41) is 2.68.